The predicted octanol–water partition coefficient (Wildman–Crippen LogP) is 8.45. The zero-order valence-electron chi connectivity index (χ0n) is 24.4. The maximum absolute atomic E-state index is 14.0. The molecule has 0 saturated carbocycles. The summed E-state index contributed by atoms with van der Waals surface area (Å²) in [5, 5.41) is 9.15. The Labute approximate surface area is 252 Å². The molecule has 0 spiro atoms. The van der Waals surface area contributed by atoms with Crippen LogP contribution in [0.25, 0.3) is 70.5 Å². The monoisotopic (exact) mass is 575 g/mol. The van der Waals surface area contributed by atoms with E-state index in [1.54, 1.807) is 4.40 Å². The molecule has 44 heavy (non-hydrogen) atoms. The summed E-state index contributed by atoms with van der Waals surface area (Å²) in [7, 11) is 0. The molecule has 6 aromatic carbocycles. The van der Waals surface area contributed by atoms with Gasteiger partial charge in [0.2, 0.25) is 0 Å². The van der Waals surface area contributed by atoms with Gasteiger partial charge in [0, 0.05) is 39.2 Å². The van der Waals surface area contributed by atoms with Crippen LogP contribution >= 0.6 is 0 Å². The normalized spacial score (nSPS) is 13.9. The van der Waals surface area contributed by atoms with E-state index in [1.807, 2.05) is 60.7 Å². The van der Waals surface area contributed by atoms with Crippen molar-refractivity contribution in [2.75, 3.05) is 6.54 Å². The van der Waals surface area contributed by atoms with Gasteiger partial charge in [0.25, 0.3) is 17.4 Å². The van der Waals surface area contributed by atoms with Gasteiger partial charge >= 0.3 is 0 Å². The molecule has 2 aromatic heterocycles. The lowest BCUT2D eigenvalue weighted by atomic mass is 9.84. The Balaban J connectivity index is 1.28. The molecule has 214 valence electrons. The van der Waals surface area contributed by atoms with Crippen molar-refractivity contribution in [1.29, 1.82) is 0 Å². The number of para-hydroxylation sites is 2. The van der Waals surface area contributed by atoms with E-state index >= 15 is 0 Å². The SMILES string of the molecule is CCCCCCCCN1C(=O)c2ccc3c4ccc5c(=O)n6c7ccccc7nc6c6ccc(c7ccc(c2c37)C1=O)c4c56. The molecule has 0 N–H and O–H groups in total. The molecule has 1 aliphatic heterocycles. The zero-order valence-corrected chi connectivity index (χ0v) is 24.4. The Kier molecular flexibility index (Phi) is 5.31. The minimum atomic E-state index is -0.208. The molecular weight excluding hydrogens is 546 g/mol. The van der Waals surface area contributed by atoms with Crippen LogP contribution in [0.4, 0.5) is 0 Å². The molecule has 0 aliphatic carbocycles. The van der Waals surface area contributed by atoms with Gasteiger partial charge in [-0.2, -0.15) is 0 Å². The first-order chi connectivity index (χ1) is 21.6. The topological polar surface area (TPSA) is 71.8 Å². The van der Waals surface area contributed by atoms with Crippen molar-refractivity contribution >= 4 is 82.4 Å². The number of unbranched alkanes of at least 4 members (excludes halogenated alkanes) is 5. The van der Waals surface area contributed by atoms with Crippen LogP contribution < -0.4 is 5.56 Å². The fourth-order valence-corrected chi connectivity index (χ4v) is 7.78. The number of rotatable bonds is 7. The number of hydrogen-bond acceptors (Lipinski definition) is 4. The van der Waals surface area contributed by atoms with Gasteiger partial charge in [0.05, 0.1) is 11.0 Å². The molecule has 0 atom stereocenters. The van der Waals surface area contributed by atoms with E-state index in [4.69, 9.17) is 4.98 Å². The highest BCUT2D eigenvalue weighted by Gasteiger charge is 2.34. The van der Waals surface area contributed by atoms with E-state index < -0.39 is 0 Å². The molecule has 0 radical (unpaired) electrons. The maximum atomic E-state index is 14.0. The quantitative estimate of drug-likeness (QED) is 0.0827. The van der Waals surface area contributed by atoms with Gasteiger partial charge in [-0.15, -0.1) is 0 Å². The Morgan fingerprint density at radius 3 is 1.82 bits per heavy atom. The Bertz CT molecular complexity index is 2490. The third kappa shape index (κ3) is 3.20. The number of hydrogen-bond donors (Lipinski definition) is 0. The molecule has 1 aliphatic rings. The predicted molar refractivity (Wildman–Crippen MR) is 178 cm³/mol. The average Bonchev–Trinajstić information content (AvgIpc) is 3.45. The van der Waals surface area contributed by atoms with Crippen molar-refractivity contribution in [1.82, 2.24) is 14.3 Å². The van der Waals surface area contributed by atoms with Gasteiger partial charge in [0.15, 0.2) is 0 Å². The molecule has 6 heteroatoms. The standard InChI is InChI=1S/C38H29N3O3/c1-2-3-4-5-6-9-20-40-36(42)26-17-13-23-21-12-16-25-33-28(38(44)41-30-11-8-7-10-29(30)39-35(25)41)19-15-22(31(21)33)24-14-18-27(37(40)43)34(26)32(23)24/h7-8,10-19H,2-6,9,20H2,1H3. The second-order valence-corrected chi connectivity index (χ2v) is 12.2. The molecule has 6 nitrogen and oxygen atoms in total. The first-order valence-corrected chi connectivity index (χ1v) is 15.7. The summed E-state index contributed by atoms with van der Waals surface area (Å²) >= 11 is 0. The number of aromatic nitrogens is 2. The molecule has 9 rings (SSSR count). The maximum Gasteiger partial charge on any atom is 0.264 e. The second kappa shape index (κ2) is 9.20. The highest BCUT2D eigenvalue weighted by Crippen LogP contribution is 2.46. The summed E-state index contributed by atoms with van der Waals surface area (Å²) in [6.07, 6.45) is 6.57. The molecule has 0 bridgehead atoms. The van der Waals surface area contributed by atoms with E-state index in [2.05, 4.69) is 19.1 Å². The fraction of sp³-hybridized carbons (Fsp3) is 0.211. The fourth-order valence-electron chi connectivity index (χ4n) is 7.78. The van der Waals surface area contributed by atoms with Gasteiger partial charge in [0.1, 0.15) is 5.65 Å². The van der Waals surface area contributed by atoms with Crippen LogP contribution in [0.3, 0.4) is 0 Å². The van der Waals surface area contributed by atoms with E-state index in [0.717, 1.165) is 78.8 Å². The summed E-state index contributed by atoms with van der Waals surface area (Å²) < 4.78 is 1.73. The number of carbonyl (C=O) groups excluding carboxylic acids is 2. The van der Waals surface area contributed by atoms with Gasteiger partial charge < -0.3 is 0 Å². The molecule has 0 unspecified atom stereocenters. The van der Waals surface area contributed by atoms with Crippen LogP contribution in [-0.2, 0) is 0 Å². The lowest BCUT2D eigenvalue weighted by molar-refractivity contribution is 0.0608. The first-order valence-electron chi connectivity index (χ1n) is 15.7. The molecule has 0 fully saturated rings. The Morgan fingerprint density at radius 2 is 1.11 bits per heavy atom. The van der Waals surface area contributed by atoms with Crippen LogP contribution in [0.5, 0.6) is 0 Å². The molecular formula is C38H29N3O3. The van der Waals surface area contributed by atoms with Gasteiger partial charge in [-0.05, 0) is 75.1 Å². The van der Waals surface area contributed by atoms with Gasteiger partial charge in [-0.3, -0.25) is 23.7 Å². The number of fused-ring (bicyclic) bond motifs is 6. The summed E-state index contributed by atoms with van der Waals surface area (Å²) in [6.45, 7) is 2.64. The highest BCUT2D eigenvalue weighted by molar-refractivity contribution is 6.41. The number of amides is 2. The number of carbonyl (C=O) groups is 2. The Hall–Kier alpha value is -5.10. The van der Waals surface area contributed by atoms with Crippen molar-refractivity contribution in [2.24, 2.45) is 0 Å². The minimum absolute atomic E-state index is 0.0809. The summed E-state index contributed by atoms with van der Waals surface area (Å²) in [6, 6.07) is 23.7. The van der Waals surface area contributed by atoms with Crippen LogP contribution in [-0.4, -0.2) is 32.6 Å². The van der Waals surface area contributed by atoms with E-state index in [0.29, 0.717) is 28.7 Å². The number of imidazole rings is 1. The number of benzene rings is 6. The average molecular weight is 576 g/mol. The van der Waals surface area contributed by atoms with Crippen molar-refractivity contribution in [3.63, 3.8) is 0 Å². The molecule has 0 saturated heterocycles. The lowest BCUT2D eigenvalue weighted by Gasteiger charge is -2.28. The Morgan fingerprint density at radius 1 is 0.568 bits per heavy atom. The molecule has 3 heterocycles. The third-order valence-electron chi connectivity index (χ3n) is 9.82. The zero-order chi connectivity index (χ0) is 29.7. The van der Waals surface area contributed by atoms with Gasteiger partial charge in [-0.1, -0.05) is 75.4 Å². The highest BCUT2D eigenvalue weighted by atomic mass is 16.2. The summed E-state index contributed by atoms with van der Waals surface area (Å²) in [5.41, 5.74) is 3.34. The van der Waals surface area contributed by atoms with E-state index in [9.17, 15) is 14.4 Å². The van der Waals surface area contributed by atoms with E-state index in [-0.39, 0.29) is 17.4 Å². The van der Waals surface area contributed by atoms with Crippen molar-refractivity contribution in [3.8, 4) is 0 Å². The first kappa shape index (κ1) is 25.4. The lowest BCUT2D eigenvalue weighted by Crippen LogP contribution is -2.40. The second-order valence-electron chi connectivity index (χ2n) is 12.2. The van der Waals surface area contributed by atoms with Crippen molar-refractivity contribution in [2.45, 2.75) is 45.4 Å². The number of pyridine rings is 1. The van der Waals surface area contributed by atoms with Gasteiger partial charge in [-0.25, -0.2) is 4.98 Å². The smallest absolute Gasteiger partial charge is 0.264 e. The van der Waals surface area contributed by atoms with Crippen molar-refractivity contribution in [3.05, 3.63) is 94.3 Å². The van der Waals surface area contributed by atoms with Crippen LogP contribution in [0, 0.1) is 0 Å². The summed E-state index contributed by atoms with van der Waals surface area (Å²) in [5.74, 6) is -0.416. The summed E-state index contributed by atoms with van der Waals surface area (Å²) in [4.78, 5) is 47.8. The van der Waals surface area contributed by atoms with Crippen LogP contribution in [0.2, 0.25) is 0 Å². The molecule has 2 amide bonds. The minimum Gasteiger partial charge on any atom is -0.274 e. The largest absolute Gasteiger partial charge is 0.274 e. The van der Waals surface area contributed by atoms with Crippen molar-refractivity contribution < 1.29 is 9.59 Å². The number of nitrogens with zero attached hydrogens (tertiary/aromatic N) is 3. The van der Waals surface area contributed by atoms with Crippen LogP contribution in [0.1, 0.15) is 66.2 Å². The molecule has 8 aromatic rings. The van der Waals surface area contributed by atoms with E-state index in [1.165, 1.54) is 24.2 Å². The number of imide groups is 1. The van der Waals surface area contributed by atoms with Crippen LogP contribution in [0.15, 0.2) is 77.6 Å². The third-order valence-corrected chi connectivity index (χ3v) is 9.82.